The van der Waals surface area contributed by atoms with Crippen LogP contribution in [0.25, 0.3) is 0 Å². The largest absolute Gasteiger partial charge is 0.480 e. The molecule has 1 atom stereocenters. The first-order valence-corrected chi connectivity index (χ1v) is 8.75. The van der Waals surface area contributed by atoms with E-state index in [-0.39, 0.29) is 24.2 Å². The molecule has 0 saturated heterocycles. The van der Waals surface area contributed by atoms with E-state index in [9.17, 15) is 9.59 Å². The molecule has 0 radical (unpaired) electrons. The second-order valence-corrected chi connectivity index (χ2v) is 6.20. The van der Waals surface area contributed by atoms with Crippen LogP contribution in [0.5, 0.6) is 5.75 Å². The molecule has 2 amide bonds. The Morgan fingerprint density at radius 1 is 1.11 bits per heavy atom. The highest BCUT2D eigenvalue weighted by atomic mass is 35.5. The van der Waals surface area contributed by atoms with Crippen LogP contribution < -0.4 is 20.7 Å². The Bertz CT molecular complexity index is 773. The van der Waals surface area contributed by atoms with Gasteiger partial charge in [-0.15, -0.1) is 12.4 Å². The van der Waals surface area contributed by atoms with Gasteiger partial charge in [0.15, 0.2) is 6.10 Å². The molecule has 3 rings (SSSR count). The lowest BCUT2D eigenvalue weighted by molar-refractivity contribution is -0.122. The van der Waals surface area contributed by atoms with E-state index in [1.807, 2.05) is 31.3 Å². The molecule has 0 fully saturated rings. The van der Waals surface area contributed by atoms with E-state index in [4.69, 9.17) is 4.74 Å². The molecule has 0 spiro atoms. The zero-order chi connectivity index (χ0) is 18.4. The first-order chi connectivity index (χ1) is 12.7. The lowest BCUT2D eigenvalue weighted by Crippen LogP contribution is -2.31. The Hall–Kier alpha value is -2.57. The summed E-state index contributed by atoms with van der Waals surface area (Å²) in [7, 11) is 1.88. The molecule has 27 heavy (non-hydrogen) atoms. The van der Waals surface area contributed by atoms with Crippen LogP contribution in [0.4, 0.5) is 5.69 Å². The van der Waals surface area contributed by atoms with Crippen LogP contribution in [0.1, 0.15) is 22.3 Å². The fraction of sp³-hybridized carbons (Fsp3) is 0.300. The van der Waals surface area contributed by atoms with Crippen molar-refractivity contribution in [2.24, 2.45) is 0 Å². The molecule has 1 heterocycles. The Morgan fingerprint density at radius 2 is 1.93 bits per heavy atom. The summed E-state index contributed by atoms with van der Waals surface area (Å²) in [6.45, 7) is 1.45. The van der Waals surface area contributed by atoms with Crippen molar-refractivity contribution in [1.29, 1.82) is 0 Å². The Morgan fingerprint density at radius 3 is 2.70 bits per heavy atom. The minimum atomic E-state index is -0.550. The number of amides is 2. The highest BCUT2D eigenvalue weighted by Crippen LogP contribution is 2.28. The number of carbonyl (C=O) groups excluding carboxylic acids is 2. The summed E-state index contributed by atoms with van der Waals surface area (Å²) < 4.78 is 5.70. The molecule has 0 aromatic heterocycles. The van der Waals surface area contributed by atoms with Crippen molar-refractivity contribution in [2.45, 2.75) is 18.9 Å². The third-order valence-electron chi connectivity index (χ3n) is 4.22. The quantitative estimate of drug-likeness (QED) is 0.635. The number of anilines is 1. The minimum absolute atomic E-state index is 0. The highest BCUT2D eigenvalue weighted by Gasteiger charge is 2.28. The van der Waals surface area contributed by atoms with E-state index in [0.717, 1.165) is 24.3 Å². The van der Waals surface area contributed by atoms with Crippen molar-refractivity contribution >= 4 is 29.9 Å². The van der Waals surface area contributed by atoms with Crippen molar-refractivity contribution < 1.29 is 14.3 Å². The number of hydrogen-bond donors (Lipinski definition) is 3. The molecule has 144 valence electrons. The predicted octanol–water partition coefficient (Wildman–Crippen LogP) is 2.39. The molecule has 3 N–H and O–H groups in total. The number of carbonyl (C=O) groups is 2. The van der Waals surface area contributed by atoms with E-state index in [2.05, 4.69) is 16.0 Å². The lowest BCUT2D eigenvalue weighted by Gasteiger charge is -2.12. The zero-order valence-corrected chi connectivity index (χ0v) is 16.0. The molecule has 2 aromatic rings. The van der Waals surface area contributed by atoms with Crippen LogP contribution in [0.3, 0.4) is 0 Å². The summed E-state index contributed by atoms with van der Waals surface area (Å²) in [4.78, 5) is 24.6. The van der Waals surface area contributed by atoms with Crippen molar-refractivity contribution in [2.75, 3.05) is 25.5 Å². The minimum Gasteiger partial charge on any atom is -0.480 e. The summed E-state index contributed by atoms with van der Waals surface area (Å²) in [6, 6.07) is 14.6. The number of hydrogen-bond acceptors (Lipinski definition) is 4. The normalized spacial score (nSPS) is 14.5. The van der Waals surface area contributed by atoms with E-state index in [0.29, 0.717) is 24.2 Å². The van der Waals surface area contributed by atoms with Crippen molar-refractivity contribution in [3.63, 3.8) is 0 Å². The monoisotopic (exact) mass is 389 g/mol. The van der Waals surface area contributed by atoms with Crippen LogP contribution in [0.2, 0.25) is 0 Å². The van der Waals surface area contributed by atoms with Gasteiger partial charge in [0, 0.05) is 24.2 Å². The van der Waals surface area contributed by atoms with Crippen LogP contribution in [0, 0.1) is 0 Å². The van der Waals surface area contributed by atoms with Crippen molar-refractivity contribution in [1.82, 2.24) is 10.6 Å². The SMILES string of the molecule is CNCCCNC(=O)c1cccc(NC(=O)C2Cc3ccccc3O2)c1.Cl. The second kappa shape index (κ2) is 9.94. The molecule has 0 bridgehead atoms. The molecular weight excluding hydrogens is 366 g/mol. The maximum absolute atomic E-state index is 12.5. The molecule has 0 saturated carbocycles. The fourth-order valence-corrected chi connectivity index (χ4v) is 2.86. The third-order valence-corrected chi connectivity index (χ3v) is 4.22. The van der Waals surface area contributed by atoms with Gasteiger partial charge in [-0.3, -0.25) is 9.59 Å². The summed E-state index contributed by atoms with van der Waals surface area (Å²) >= 11 is 0. The third kappa shape index (κ3) is 5.45. The maximum Gasteiger partial charge on any atom is 0.265 e. The van der Waals surface area contributed by atoms with Crippen LogP contribution in [-0.4, -0.2) is 38.1 Å². The van der Waals surface area contributed by atoms with E-state index >= 15 is 0 Å². The number of nitrogens with one attached hydrogen (secondary N) is 3. The van der Waals surface area contributed by atoms with Gasteiger partial charge in [0.25, 0.3) is 11.8 Å². The molecule has 1 aliphatic rings. The van der Waals surface area contributed by atoms with Gasteiger partial charge in [0.1, 0.15) is 5.75 Å². The number of halogens is 1. The molecule has 7 heteroatoms. The average Bonchev–Trinajstić information content (AvgIpc) is 3.10. The van der Waals surface area contributed by atoms with Gasteiger partial charge in [0.2, 0.25) is 0 Å². The second-order valence-electron chi connectivity index (χ2n) is 6.20. The van der Waals surface area contributed by atoms with Crippen molar-refractivity contribution in [3.05, 3.63) is 59.7 Å². The number of benzene rings is 2. The van der Waals surface area contributed by atoms with Crippen LogP contribution in [-0.2, 0) is 11.2 Å². The lowest BCUT2D eigenvalue weighted by atomic mass is 10.1. The fourth-order valence-electron chi connectivity index (χ4n) is 2.86. The number of rotatable bonds is 7. The van der Waals surface area contributed by atoms with Gasteiger partial charge >= 0.3 is 0 Å². The van der Waals surface area contributed by atoms with E-state index in [1.54, 1.807) is 24.3 Å². The number of para-hydroxylation sites is 1. The Kier molecular flexibility index (Phi) is 7.64. The van der Waals surface area contributed by atoms with Gasteiger partial charge < -0.3 is 20.7 Å². The molecule has 6 nitrogen and oxygen atoms in total. The van der Waals surface area contributed by atoms with Crippen LogP contribution in [0.15, 0.2) is 48.5 Å². The first kappa shape index (κ1) is 20.7. The Balaban J connectivity index is 0.00000261. The van der Waals surface area contributed by atoms with Gasteiger partial charge in [-0.1, -0.05) is 24.3 Å². The van der Waals surface area contributed by atoms with E-state index in [1.165, 1.54) is 0 Å². The van der Waals surface area contributed by atoms with Gasteiger partial charge in [-0.05, 0) is 49.8 Å². The van der Waals surface area contributed by atoms with Gasteiger partial charge in [0.05, 0.1) is 0 Å². The van der Waals surface area contributed by atoms with E-state index < -0.39 is 6.10 Å². The summed E-state index contributed by atoms with van der Waals surface area (Å²) in [6.07, 6.45) is 0.859. The van der Waals surface area contributed by atoms with Gasteiger partial charge in [-0.2, -0.15) is 0 Å². The predicted molar refractivity (Wildman–Crippen MR) is 108 cm³/mol. The van der Waals surface area contributed by atoms with Crippen LogP contribution >= 0.6 is 12.4 Å². The number of fused-ring (bicyclic) bond motifs is 1. The zero-order valence-electron chi connectivity index (χ0n) is 15.2. The molecule has 2 aromatic carbocycles. The standard InChI is InChI=1S/C20H23N3O3.ClH/c1-21-10-5-11-22-19(24)15-7-4-8-16(12-15)23-20(25)18-13-14-6-2-3-9-17(14)26-18;/h2-4,6-9,12,18,21H,5,10-11,13H2,1H3,(H,22,24)(H,23,25);1H. The first-order valence-electron chi connectivity index (χ1n) is 8.75. The van der Waals surface area contributed by atoms with Crippen molar-refractivity contribution in [3.8, 4) is 5.75 Å². The number of ether oxygens (including phenoxy) is 1. The average molecular weight is 390 g/mol. The summed E-state index contributed by atoms with van der Waals surface area (Å²) in [5.74, 6) is 0.386. The highest BCUT2D eigenvalue weighted by molar-refractivity contribution is 5.98. The summed E-state index contributed by atoms with van der Waals surface area (Å²) in [5, 5.41) is 8.74. The maximum atomic E-state index is 12.5. The molecular formula is C20H24ClN3O3. The smallest absolute Gasteiger partial charge is 0.265 e. The topological polar surface area (TPSA) is 79.5 Å². The molecule has 1 unspecified atom stereocenters. The summed E-state index contributed by atoms with van der Waals surface area (Å²) in [5.41, 5.74) is 2.13. The Labute approximate surface area is 165 Å². The molecule has 1 aliphatic heterocycles. The molecule has 0 aliphatic carbocycles. The van der Waals surface area contributed by atoms with Gasteiger partial charge in [-0.25, -0.2) is 0 Å².